The van der Waals surface area contributed by atoms with Gasteiger partial charge in [0, 0.05) is 6.42 Å². The fourth-order valence-electron chi connectivity index (χ4n) is 3.07. The van der Waals surface area contributed by atoms with Gasteiger partial charge in [-0.3, -0.25) is 9.69 Å². The number of amidine groups is 1. The van der Waals surface area contributed by atoms with Crippen LogP contribution in [0.15, 0.2) is 69.8 Å². The molecule has 4 rings (SSSR count). The number of hydrogen-bond acceptors (Lipinski definition) is 6. The van der Waals surface area contributed by atoms with E-state index in [-0.39, 0.29) is 17.0 Å². The van der Waals surface area contributed by atoms with Crippen LogP contribution in [0, 0.1) is 5.82 Å². The number of anilines is 1. The van der Waals surface area contributed by atoms with Crippen molar-refractivity contribution in [3.8, 4) is 0 Å². The number of aryl methyl sites for hydroxylation is 1. The Morgan fingerprint density at radius 2 is 1.90 bits per heavy atom. The predicted octanol–water partition coefficient (Wildman–Crippen LogP) is 5.40. The first-order valence-corrected chi connectivity index (χ1v) is 10.9. The van der Waals surface area contributed by atoms with Gasteiger partial charge >= 0.3 is 0 Å². The van der Waals surface area contributed by atoms with Gasteiger partial charge in [-0.15, -0.1) is 0 Å². The molecule has 158 valence electrons. The Morgan fingerprint density at radius 1 is 1.16 bits per heavy atom. The molecule has 0 radical (unpaired) electrons. The summed E-state index contributed by atoms with van der Waals surface area (Å²) in [5.41, 5.74) is 1.72. The van der Waals surface area contributed by atoms with Gasteiger partial charge in [0.2, 0.25) is 5.89 Å². The number of carbonyl (C=O) groups excluding carboxylic acids is 1. The maximum absolute atomic E-state index is 13.5. The minimum absolute atomic E-state index is 0.219. The minimum atomic E-state index is -0.371. The Balaban J connectivity index is 1.66. The first kappa shape index (κ1) is 21.0. The van der Waals surface area contributed by atoms with E-state index < -0.39 is 0 Å². The zero-order chi connectivity index (χ0) is 21.8. The van der Waals surface area contributed by atoms with Crippen molar-refractivity contribution in [1.82, 2.24) is 10.1 Å². The summed E-state index contributed by atoms with van der Waals surface area (Å²) in [5.74, 6) is 0.490. The molecule has 0 bridgehead atoms. The van der Waals surface area contributed by atoms with Crippen LogP contribution < -0.4 is 4.90 Å². The molecule has 2 heterocycles. The van der Waals surface area contributed by atoms with Gasteiger partial charge in [-0.05, 0) is 49.2 Å². The molecule has 1 aliphatic heterocycles. The number of benzene rings is 2. The van der Waals surface area contributed by atoms with Crippen molar-refractivity contribution in [3.63, 3.8) is 0 Å². The number of amides is 1. The molecule has 0 fully saturated rings. The van der Waals surface area contributed by atoms with Crippen molar-refractivity contribution in [2.45, 2.75) is 31.9 Å². The van der Waals surface area contributed by atoms with Gasteiger partial charge in [0.05, 0.1) is 10.9 Å². The van der Waals surface area contributed by atoms with Gasteiger partial charge in [-0.1, -0.05) is 54.2 Å². The summed E-state index contributed by atoms with van der Waals surface area (Å²) in [7, 11) is 0. The third kappa shape index (κ3) is 4.74. The van der Waals surface area contributed by atoms with E-state index >= 15 is 0 Å². The smallest absolute Gasteiger partial charge is 0.283 e. The third-order valence-corrected chi connectivity index (χ3v) is 5.64. The van der Waals surface area contributed by atoms with Crippen molar-refractivity contribution in [2.24, 2.45) is 4.99 Å². The molecule has 0 N–H and O–H groups in total. The number of hydrogen-bond donors (Lipinski definition) is 0. The predicted molar refractivity (Wildman–Crippen MR) is 120 cm³/mol. The number of halogens is 1. The zero-order valence-corrected chi connectivity index (χ0v) is 18.0. The molecule has 1 atom stereocenters. The van der Waals surface area contributed by atoms with Crippen LogP contribution in [0.25, 0.3) is 6.08 Å². The lowest BCUT2D eigenvalue weighted by atomic mass is 10.2. The third-order valence-electron chi connectivity index (χ3n) is 4.60. The molecule has 1 aliphatic rings. The van der Waals surface area contributed by atoms with Gasteiger partial charge in [-0.25, -0.2) is 9.38 Å². The van der Waals surface area contributed by atoms with E-state index in [2.05, 4.69) is 15.1 Å². The van der Waals surface area contributed by atoms with Gasteiger partial charge < -0.3 is 4.52 Å². The van der Waals surface area contributed by atoms with Crippen LogP contribution in [-0.4, -0.2) is 21.2 Å². The van der Waals surface area contributed by atoms with Crippen molar-refractivity contribution in [3.05, 3.63) is 83.4 Å². The molecule has 1 unspecified atom stereocenters. The summed E-state index contributed by atoms with van der Waals surface area (Å²) >= 11 is 1.34. The molecule has 0 aliphatic carbocycles. The van der Waals surface area contributed by atoms with Crippen molar-refractivity contribution >= 4 is 34.6 Å². The summed E-state index contributed by atoms with van der Waals surface area (Å²) in [6.07, 6.45) is 3.41. The maximum atomic E-state index is 13.5. The van der Waals surface area contributed by atoms with E-state index in [0.29, 0.717) is 28.3 Å². The highest BCUT2D eigenvalue weighted by Gasteiger charge is 2.34. The minimum Gasteiger partial charge on any atom is -0.338 e. The lowest BCUT2D eigenvalue weighted by Gasteiger charge is -2.19. The number of rotatable bonds is 6. The molecule has 0 saturated heterocycles. The molecule has 8 heteroatoms. The van der Waals surface area contributed by atoms with Gasteiger partial charge in [-0.2, -0.15) is 4.98 Å². The summed E-state index contributed by atoms with van der Waals surface area (Å²) in [4.78, 5) is 23.7. The summed E-state index contributed by atoms with van der Waals surface area (Å²) in [6, 6.07) is 15.3. The second-order valence-electron chi connectivity index (χ2n) is 7.01. The molecule has 0 spiro atoms. The lowest BCUT2D eigenvalue weighted by molar-refractivity contribution is -0.113. The fraction of sp³-hybridized carbons (Fsp3) is 0.217. The van der Waals surface area contributed by atoms with Crippen LogP contribution in [0.5, 0.6) is 0 Å². The van der Waals surface area contributed by atoms with E-state index in [0.717, 1.165) is 18.4 Å². The van der Waals surface area contributed by atoms with Crippen LogP contribution in [0.3, 0.4) is 0 Å². The Hall–Kier alpha value is -3.26. The van der Waals surface area contributed by atoms with E-state index in [1.165, 1.54) is 28.8 Å². The molecular weight excluding hydrogens is 415 g/mol. The van der Waals surface area contributed by atoms with Crippen molar-refractivity contribution < 1.29 is 13.7 Å². The molecule has 1 aromatic heterocycles. The monoisotopic (exact) mass is 436 g/mol. The number of thioether (sulfide) groups is 1. The van der Waals surface area contributed by atoms with Gasteiger partial charge in [0.25, 0.3) is 5.91 Å². The molecule has 1 amide bonds. The van der Waals surface area contributed by atoms with Gasteiger partial charge in [0.15, 0.2) is 11.0 Å². The molecule has 31 heavy (non-hydrogen) atoms. The maximum Gasteiger partial charge on any atom is 0.283 e. The second-order valence-corrected chi connectivity index (χ2v) is 8.32. The van der Waals surface area contributed by atoms with E-state index in [1.807, 2.05) is 44.2 Å². The summed E-state index contributed by atoms with van der Waals surface area (Å²) < 4.78 is 18.8. The van der Waals surface area contributed by atoms with Crippen LogP contribution >= 0.6 is 11.8 Å². The second kappa shape index (κ2) is 9.26. The first-order valence-electron chi connectivity index (χ1n) is 9.99. The molecule has 0 saturated carbocycles. The van der Waals surface area contributed by atoms with E-state index in [4.69, 9.17) is 4.52 Å². The number of aromatic nitrogens is 2. The lowest BCUT2D eigenvalue weighted by Crippen LogP contribution is -2.30. The molecule has 3 aromatic rings. The Bertz CT molecular complexity index is 1130. The topological polar surface area (TPSA) is 71.6 Å². The molecule has 6 nitrogen and oxygen atoms in total. The Kier molecular flexibility index (Phi) is 6.27. The Morgan fingerprint density at radius 3 is 2.61 bits per heavy atom. The average molecular weight is 437 g/mol. The van der Waals surface area contributed by atoms with Crippen LogP contribution in [0.4, 0.5) is 10.1 Å². The highest BCUT2D eigenvalue weighted by Crippen LogP contribution is 2.36. The quantitative estimate of drug-likeness (QED) is 0.484. The molecule has 2 aromatic carbocycles. The Labute approximate surface area is 183 Å². The van der Waals surface area contributed by atoms with Crippen molar-refractivity contribution in [2.75, 3.05) is 4.90 Å². The highest BCUT2D eigenvalue weighted by molar-refractivity contribution is 8.14. The number of nitrogens with zero attached hydrogens (tertiary/aromatic N) is 4. The first-order chi connectivity index (χ1) is 15.0. The van der Waals surface area contributed by atoms with Crippen LogP contribution in [-0.2, 0) is 11.2 Å². The molecular formula is C23H21FN4O2S. The van der Waals surface area contributed by atoms with Crippen molar-refractivity contribution in [1.29, 1.82) is 0 Å². The summed E-state index contributed by atoms with van der Waals surface area (Å²) in [5, 5.41) is 4.26. The zero-order valence-electron chi connectivity index (χ0n) is 17.2. The van der Waals surface area contributed by atoms with E-state index in [1.54, 1.807) is 18.2 Å². The van der Waals surface area contributed by atoms with Gasteiger partial charge in [0.1, 0.15) is 11.5 Å². The summed E-state index contributed by atoms with van der Waals surface area (Å²) in [6.45, 7) is 3.97. The normalized spacial score (nSPS) is 16.1. The fourth-order valence-corrected chi connectivity index (χ4v) is 4.02. The van der Waals surface area contributed by atoms with E-state index in [9.17, 15) is 9.18 Å². The highest BCUT2D eigenvalue weighted by atomic mass is 32.2. The standard InChI is InChI=1S/C23H21FN4O2S/c1-3-7-20-26-21(30-27-20)15(2)31-23-25-19(14-16-8-5-4-6-9-16)22(29)28(23)18-12-10-17(24)11-13-18/h4-6,8-15H,3,7H2,1-2H3. The number of carbonyl (C=O) groups is 1. The largest absolute Gasteiger partial charge is 0.338 e. The SMILES string of the molecule is CCCc1noc(C(C)SC2=NC(=Cc3ccccc3)C(=O)N2c2ccc(F)cc2)n1. The van der Waals surface area contributed by atoms with Crippen LogP contribution in [0.1, 0.15) is 42.8 Å². The van der Waals surface area contributed by atoms with Crippen LogP contribution in [0.2, 0.25) is 0 Å². The average Bonchev–Trinajstić information content (AvgIpc) is 3.35. The number of aliphatic imine (C=N–C) groups is 1.